The Hall–Kier alpha value is -1.67. The van der Waals surface area contributed by atoms with Crippen LogP contribution in [0, 0.1) is 5.92 Å². The monoisotopic (exact) mass is 446 g/mol. The van der Waals surface area contributed by atoms with E-state index in [2.05, 4.69) is 60.6 Å². The van der Waals surface area contributed by atoms with Crippen LogP contribution in [0.2, 0.25) is 0 Å². The van der Waals surface area contributed by atoms with Gasteiger partial charge in [-0.1, -0.05) is 38.1 Å². The van der Waals surface area contributed by atoms with Crippen molar-refractivity contribution in [2.75, 3.05) is 52.5 Å². The maximum atomic E-state index is 6.07. The number of benzene rings is 1. The van der Waals surface area contributed by atoms with Crippen molar-refractivity contribution in [3.8, 4) is 0 Å². The molecule has 1 atom stereocenters. The molecule has 7 heteroatoms. The lowest BCUT2D eigenvalue weighted by Crippen LogP contribution is -2.50. The quantitative estimate of drug-likeness (QED) is 0.426. The van der Waals surface area contributed by atoms with Crippen LogP contribution in [-0.2, 0) is 27.4 Å². The van der Waals surface area contributed by atoms with Gasteiger partial charge in [-0.05, 0) is 36.8 Å². The summed E-state index contributed by atoms with van der Waals surface area (Å²) >= 11 is 0. The van der Waals surface area contributed by atoms with Crippen LogP contribution in [0.3, 0.4) is 0 Å². The number of aliphatic imine (C=N–C) groups is 1. The van der Waals surface area contributed by atoms with E-state index in [4.69, 9.17) is 19.2 Å². The second-order valence-electron chi connectivity index (χ2n) is 9.16. The van der Waals surface area contributed by atoms with Crippen molar-refractivity contribution >= 4 is 5.96 Å². The van der Waals surface area contributed by atoms with Crippen molar-refractivity contribution in [1.29, 1.82) is 0 Å². The Morgan fingerprint density at radius 2 is 2.00 bits per heavy atom. The van der Waals surface area contributed by atoms with Gasteiger partial charge in [0.25, 0.3) is 0 Å². The molecule has 180 valence electrons. The maximum absolute atomic E-state index is 6.07. The fraction of sp³-hybridized carbons (Fsp3) is 0.720. The van der Waals surface area contributed by atoms with E-state index >= 15 is 0 Å². The molecular weight excluding hydrogens is 404 g/mol. The lowest BCUT2D eigenvalue weighted by atomic mass is 10.1. The van der Waals surface area contributed by atoms with Crippen molar-refractivity contribution in [3.63, 3.8) is 0 Å². The summed E-state index contributed by atoms with van der Waals surface area (Å²) in [6.07, 6.45) is 2.48. The first-order valence-corrected chi connectivity index (χ1v) is 12.3. The zero-order valence-electron chi connectivity index (χ0n) is 20.1. The van der Waals surface area contributed by atoms with Crippen LogP contribution in [0.15, 0.2) is 29.3 Å². The molecule has 3 rings (SSSR count). The summed E-state index contributed by atoms with van der Waals surface area (Å²) in [4.78, 5) is 7.29. The van der Waals surface area contributed by atoms with Gasteiger partial charge < -0.3 is 24.8 Å². The predicted octanol–water partition coefficient (Wildman–Crippen LogP) is 2.79. The molecular formula is C25H42N4O3. The predicted molar refractivity (Wildman–Crippen MR) is 129 cm³/mol. The molecule has 1 aromatic rings. The Bertz CT molecular complexity index is 692. The third kappa shape index (κ3) is 9.06. The minimum Gasteiger partial charge on any atom is -0.381 e. The molecule has 0 bridgehead atoms. The Labute approximate surface area is 193 Å². The highest BCUT2D eigenvalue weighted by atomic mass is 16.5. The van der Waals surface area contributed by atoms with Gasteiger partial charge >= 0.3 is 0 Å². The number of ether oxygens (including phenoxy) is 3. The Morgan fingerprint density at radius 3 is 2.78 bits per heavy atom. The molecule has 0 aliphatic carbocycles. The smallest absolute Gasteiger partial charge is 0.191 e. The Kier molecular flexibility index (Phi) is 10.8. The number of hydrogen-bond acceptors (Lipinski definition) is 5. The Morgan fingerprint density at radius 1 is 1.19 bits per heavy atom. The van der Waals surface area contributed by atoms with Gasteiger partial charge in [0.05, 0.1) is 32.0 Å². The number of rotatable bonds is 10. The van der Waals surface area contributed by atoms with Gasteiger partial charge in [0.2, 0.25) is 0 Å². The van der Waals surface area contributed by atoms with Gasteiger partial charge in [-0.2, -0.15) is 0 Å². The molecule has 2 N–H and O–H groups in total. The minimum absolute atomic E-state index is 0.192. The molecule has 1 aromatic carbocycles. The van der Waals surface area contributed by atoms with E-state index in [1.165, 1.54) is 11.1 Å². The normalized spacial score (nSPS) is 21.1. The number of nitrogens with one attached hydrogen (secondary N) is 2. The van der Waals surface area contributed by atoms with Crippen LogP contribution < -0.4 is 10.6 Å². The molecule has 0 aromatic heterocycles. The SMILES string of the molecule is CCNC(=NCc1cccc(COC2CCOCC2)c1)NCC1CN(CC(C)C)CCO1. The van der Waals surface area contributed by atoms with E-state index in [-0.39, 0.29) is 6.10 Å². The van der Waals surface area contributed by atoms with E-state index in [0.717, 1.165) is 71.3 Å². The van der Waals surface area contributed by atoms with Gasteiger partial charge in [0, 0.05) is 45.9 Å². The molecule has 2 heterocycles. The van der Waals surface area contributed by atoms with Gasteiger partial charge in [-0.15, -0.1) is 0 Å². The summed E-state index contributed by atoms with van der Waals surface area (Å²) in [7, 11) is 0. The maximum Gasteiger partial charge on any atom is 0.191 e. The molecule has 2 aliphatic heterocycles. The van der Waals surface area contributed by atoms with E-state index in [0.29, 0.717) is 25.2 Å². The number of hydrogen-bond donors (Lipinski definition) is 2. The molecule has 0 amide bonds. The summed E-state index contributed by atoms with van der Waals surface area (Å²) < 4.78 is 17.4. The number of guanidine groups is 1. The third-order valence-electron chi connectivity index (χ3n) is 5.75. The summed E-state index contributed by atoms with van der Waals surface area (Å²) in [5.41, 5.74) is 2.38. The van der Waals surface area contributed by atoms with Crippen LogP contribution in [0.1, 0.15) is 44.7 Å². The van der Waals surface area contributed by atoms with E-state index in [1.54, 1.807) is 0 Å². The molecule has 7 nitrogen and oxygen atoms in total. The van der Waals surface area contributed by atoms with E-state index < -0.39 is 0 Å². The van der Waals surface area contributed by atoms with Gasteiger partial charge in [-0.3, -0.25) is 4.90 Å². The fourth-order valence-corrected chi connectivity index (χ4v) is 4.18. The largest absolute Gasteiger partial charge is 0.381 e. The fourth-order valence-electron chi connectivity index (χ4n) is 4.18. The van der Waals surface area contributed by atoms with Crippen molar-refractivity contribution in [2.45, 2.75) is 59.0 Å². The van der Waals surface area contributed by atoms with Crippen LogP contribution >= 0.6 is 0 Å². The van der Waals surface area contributed by atoms with E-state index in [1.807, 2.05) is 0 Å². The second kappa shape index (κ2) is 13.8. The van der Waals surface area contributed by atoms with Crippen LogP contribution in [0.4, 0.5) is 0 Å². The van der Waals surface area contributed by atoms with Crippen molar-refractivity contribution in [3.05, 3.63) is 35.4 Å². The summed E-state index contributed by atoms with van der Waals surface area (Å²) in [5, 5.41) is 6.82. The van der Waals surface area contributed by atoms with Crippen molar-refractivity contribution in [1.82, 2.24) is 15.5 Å². The molecule has 0 spiro atoms. The molecule has 1 unspecified atom stereocenters. The highest BCUT2D eigenvalue weighted by Gasteiger charge is 2.21. The highest BCUT2D eigenvalue weighted by molar-refractivity contribution is 5.79. The summed E-state index contributed by atoms with van der Waals surface area (Å²) in [6, 6.07) is 8.53. The molecule has 2 fully saturated rings. The van der Waals surface area contributed by atoms with Gasteiger partial charge in [0.15, 0.2) is 5.96 Å². The molecule has 2 saturated heterocycles. The van der Waals surface area contributed by atoms with Gasteiger partial charge in [-0.25, -0.2) is 4.99 Å². The first kappa shape index (κ1) is 25.0. The van der Waals surface area contributed by atoms with Crippen LogP contribution in [0.5, 0.6) is 0 Å². The lowest BCUT2D eigenvalue weighted by molar-refractivity contribution is -0.0390. The molecule has 0 radical (unpaired) electrons. The molecule has 2 aliphatic rings. The number of morpholine rings is 1. The van der Waals surface area contributed by atoms with Crippen molar-refractivity contribution in [2.24, 2.45) is 10.9 Å². The average molecular weight is 447 g/mol. The average Bonchev–Trinajstić information content (AvgIpc) is 2.80. The number of nitrogens with zero attached hydrogens (tertiary/aromatic N) is 2. The first-order valence-electron chi connectivity index (χ1n) is 12.3. The van der Waals surface area contributed by atoms with E-state index in [9.17, 15) is 0 Å². The highest BCUT2D eigenvalue weighted by Crippen LogP contribution is 2.15. The van der Waals surface area contributed by atoms with Crippen molar-refractivity contribution < 1.29 is 14.2 Å². The minimum atomic E-state index is 0.192. The summed E-state index contributed by atoms with van der Waals surface area (Å²) in [6.45, 7) is 15.0. The second-order valence-corrected chi connectivity index (χ2v) is 9.16. The first-order chi connectivity index (χ1) is 15.6. The molecule has 0 saturated carbocycles. The zero-order chi connectivity index (χ0) is 22.6. The zero-order valence-corrected chi connectivity index (χ0v) is 20.1. The third-order valence-corrected chi connectivity index (χ3v) is 5.75. The molecule has 32 heavy (non-hydrogen) atoms. The lowest BCUT2D eigenvalue weighted by Gasteiger charge is -2.34. The Balaban J connectivity index is 1.47. The van der Waals surface area contributed by atoms with Crippen LogP contribution in [-0.4, -0.2) is 75.6 Å². The summed E-state index contributed by atoms with van der Waals surface area (Å²) in [5.74, 6) is 1.51. The van der Waals surface area contributed by atoms with Gasteiger partial charge in [0.1, 0.15) is 0 Å². The van der Waals surface area contributed by atoms with Crippen LogP contribution in [0.25, 0.3) is 0 Å². The topological polar surface area (TPSA) is 67.4 Å². The standard InChI is InChI=1S/C25H42N4O3/c1-4-26-25(28-16-24-18-29(10-13-31-24)17-20(2)3)27-15-21-6-5-7-22(14-21)19-32-23-8-11-30-12-9-23/h5-7,14,20,23-24H,4,8-13,15-19H2,1-3H3,(H2,26,27,28).